The lowest BCUT2D eigenvalue weighted by Gasteiger charge is -2.10. The number of non-ortho nitro benzene ring substituents is 1. The number of amides is 2. The van der Waals surface area contributed by atoms with Gasteiger partial charge in [-0.25, -0.2) is 0 Å². The van der Waals surface area contributed by atoms with E-state index in [1.165, 1.54) is 24.3 Å². The first kappa shape index (κ1) is 20.3. The molecule has 2 amide bonds. The molecule has 30 heavy (non-hydrogen) atoms. The zero-order valence-corrected chi connectivity index (χ0v) is 15.9. The minimum atomic E-state index is -0.535. The minimum absolute atomic E-state index is 0.0944. The Morgan fingerprint density at radius 2 is 1.33 bits per heavy atom. The Bertz CT molecular complexity index is 1050. The molecule has 0 aliphatic carbocycles. The molecule has 0 spiro atoms. The van der Waals surface area contributed by atoms with Gasteiger partial charge in [0, 0.05) is 28.9 Å². The second-order valence-electron chi connectivity index (χ2n) is 6.14. The van der Waals surface area contributed by atoms with E-state index in [4.69, 9.17) is 4.74 Å². The van der Waals surface area contributed by atoms with Crippen molar-refractivity contribution in [3.63, 3.8) is 0 Å². The number of hydrogen-bond acceptors (Lipinski definition) is 6. The highest BCUT2D eigenvalue weighted by Crippen LogP contribution is 2.17. The van der Waals surface area contributed by atoms with Gasteiger partial charge in [0.1, 0.15) is 5.75 Å². The number of nitrogens with one attached hydrogen (secondary N) is 3. The second kappa shape index (κ2) is 9.20. The molecule has 152 valence electrons. The van der Waals surface area contributed by atoms with Gasteiger partial charge in [-0.15, -0.1) is 0 Å². The number of nitro benzene ring substituents is 1. The fraction of sp³-hybridized carbons (Fsp3) is 0.0476. The average Bonchev–Trinajstić information content (AvgIpc) is 2.78. The van der Waals surface area contributed by atoms with Gasteiger partial charge in [0.2, 0.25) is 0 Å². The fourth-order valence-electron chi connectivity index (χ4n) is 2.52. The SMILES string of the molecule is COc1ccc(NC(=O)c2ccc(NNC(=O)c3ccc([N+](=O)[O-])cc3)cc2)cc1. The van der Waals surface area contributed by atoms with Crippen molar-refractivity contribution in [2.75, 3.05) is 17.9 Å². The number of rotatable bonds is 7. The maximum absolute atomic E-state index is 12.3. The number of carbonyl (C=O) groups is 2. The van der Waals surface area contributed by atoms with Gasteiger partial charge >= 0.3 is 0 Å². The van der Waals surface area contributed by atoms with Crippen molar-refractivity contribution in [2.24, 2.45) is 0 Å². The van der Waals surface area contributed by atoms with Gasteiger partial charge < -0.3 is 10.1 Å². The van der Waals surface area contributed by atoms with E-state index in [9.17, 15) is 19.7 Å². The normalized spacial score (nSPS) is 10.0. The van der Waals surface area contributed by atoms with Gasteiger partial charge in [0.25, 0.3) is 17.5 Å². The molecular weight excluding hydrogens is 388 g/mol. The number of anilines is 2. The summed E-state index contributed by atoms with van der Waals surface area (Å²) in [6, 6.07) is 18.7. The molecule has 0 atom stereocenters. The highest BCUT2D eigenvalue weighted by atomic mass is 16.6. The Morgan fingerprint density at radius 1 is 0.800 bits per heavy atom. The Hall–Kier alpha value is -4.40. The van der Waals surface area contributed by atoms with Gasteiger partial charge in [-0.05, 0) is 60.7 Å². The highest BCUT2D eigenvalue weighted by Gasteiger charge is 2.10. The predicted octanol–water partition coefficient (Wildman–Crippen LogP) is 3.61. The van der Waals surface area contributed by atoms with E-state index in [0.29, 0.717) is 22.7 Å². The van der Waals surface area contributed by atoms with Gasteiger partial charge in [-0.2, -0.15) is 0 Å². The molecular formula is C21H18N4O5. The van der Waals surface area contributed by atoms with Gasteiger partial charge in [-0.3, -0.25) is 30.6 Å². The topological polar surface area (TPSA) is 123 Å². The average molecular weight is 406 g/mol. The van der Waals surface area contributed by atoms with E-state index < -0.39 is 10.8 Å². The molecule has 3 rings (SSSR count). The third-order valence-corrected chi connectivity index (χ3v) is 4.16. The largest absolute Gasteiger partial charge is 0.497 e. The molecule has 0 saturated carbocycles. The number of methoxy groups -OCH3 is 1. The van der Waals surface area contributed by atoms with E-state index in [2.05, 4.69) is 16.2 Å². The highest BCUT2D eigenvalue weighted by molar-refractivity contribution is 6.04. The number of ether oxygens (including phenoxy) is 1. The first-order valence-electron chi connectivity index (χ1n) is 8.82. The summed E-state index contributed by atoms with van der Waals surface area (Å²) in [5.74, 6) is -0.0351. The summed E-state index contributed by atoms with van der Waals surface area (Å²) in [6.45, 7) is 0. The van der Waals surface area contributed by atoms with E-state index in [0.717, 1.165) is 0 Å². The third kappa shape index (κ3) is 5.10. The first-order chi connectivity index (χ1) is 14.5. The van der Waals surface area contributed by atoms with Crippen molar-refractivity contribution >= 4 is 28.9 Å². The third-order valence-electron chi connectivity index (χ3n) is 4.16. The molecule has 0 aliphatic heterocycles. The quantitative estimate of drug-likeness (QED) is 0.407. The van der Waals surface area contributed by atoms with Crippen molar-refractivity contribution in [2.45, 2.75) is 0 Å². The van der Waals surface area contributed by atoms with Crippen LogP contribution in [0, 0.1) is 10.1 Å². The number of nitro groups is 1. The summed E-state index contributed by atoms with van der Waals surface area (Å²) in [7, 11) is 1.57. The molecule has 0 unspecified atom stereocenters. The summed E-state index contributed by atoms with van der Waals surface area (Å²) in [6.07, 6.45) is 0. The number of nitrogens with zero attached hydrogens (tertiary/aromatic N) is 1. The number of hydrazine groups is 1. The van der Waals surface area contributed by atoms with Crippen LogP contribution in [0.3, 0.4) is 0 Å². The Balaban J connectivity index is 1.55. The van der Waals surface area contributed by atoms with Crippen molar-refractivity contribution in [3.05, 3.63) is 94.0 Å². The molecule has 0 bridgehead atoms. The van der Waals surface area contributed by atoms with E-state index >= 15 is 0 Å². The maximum Gasteiger partial charge on any atom is 0.269 e. The van der Waals surface area contributed by atoms with Gasteiger partial charge in [-0.1, -0.05) is 0 Å². The standard InChI is InChI=1S/C21H18N4O5/c1-30-19-12-8-16(9-13-19)22-20(26)14-2-6-17(7-3-14)23-24-21(27)15-4-10-18(11-5-15)25(28)29/h2-13,23H,1H3,(H,22,26)(H,24,27). The summed E-state index contributed by atoms with van der Waals surface area (Å²) in [4.78, 5) is 34.6. The number of carbonyl (C=O) groups excluding carboxylic acids is 2. The Morgan fingerprint density at radius 3 is 1.90 bits per heavy atom. The van der Waals surface area contributed by atoms with E-state index in [1.54, 1.807) is 55.6 Å². The molecule has 0 heterocycles. The van der Waals surface area contributed by atoms with Crippen molar-refractivity contribution < 1.29 is 19.2 Å². The van der Waals surface area contributed by atoms with Gasteiger partial charge in [0.15, 0.2) is 0 Å². The van der Waals surface area contributed by atoms with E-state index in [1.807, 2.05) is 0 Å². The van der Waals surface area contributed by atoms with E-state index in [-0.39, 0.29) is 17.2 Å². The summed E-state index contributed by atoms with van der Waals surface area (Å²) in [5.41, 5.74) is 7.04. The molecule has 0 radical (unpaired) electrons. The van der Waals surface area contributed by atoms with Crippen LogP contribution in [-0.4, -0.2) is 23.8 Å². The molecule has 9 heteroatoms. The first-order valence-corrected chi connectivity index (χ1v) is 8.82. The van der Waals surface area contributed by atoms with Crippen molar-refractivity contribution in [3.8, 4) is 5.75 Å². The Labute approximate surface area is 171 Å². The van der Waals surface area contributed by atoms with Crippen LogP contribution in [0.2, 0.25) is 0 Å². The molecule has 3 aromatic carbocycles. The minimum Gasteiger partial charge on any atom is -0.497 e. The monoisotopic (exact) mass is 406 g/mol. The van der Waals surface area contributed by atoms with Crippen LogP contribution in [0.25, 0.3) is 0 Å². The number of hydrogen-bond donors (Lipinski definition) is 3. The molecule has 3 N–H and O–H groups in total. The summed E-state index contributed by atoms with van der Waals surface area (Å²) >= 11 is 0. The van der Waals surface area contributed by atoms with Crippen LogP contribution in [-0.2, 0) is 0 Å². The Kier molecular flexibility index (Phi) is 6.23. The van der Waals surface area contributed by atoms with Crippen LogP contribution < -0.4 is 20.9 Å². The lowest BCUT2D eigenvalue weighted by atomic mass is 10.2. The predicted molar refractivity (Wildman–Crippen MR) is 112 cm³/mol. The van der Waals surface area contributed by atoms with Crippen LogP contribution in [0.4, 0.5) is 17.1 Å². The second-order valence-corrected chi connectivity index (χ2v) is 6.14. The zero-order chi connectivity index (χ0) is 21.5. The van der Waals surface area contributed by atoms with Gasteiger partial charge in [0.05, 0.1) is 17.7 Å². The zero-order valence-electron chi connectivity index (χ0n) is 15.9. The molecule has 0 saturated heterocycles. The summed E-state index contributed by atoms with van der Waals surface area (Å²) < 4.78 is 5.08. The molecule has 0 fully saturated rings. The molecule has 0 aliphatic rings. The summed E-state index contributed by atoms with van der Waals surface area (Å²) in [5, 5.41) is 13.4. The van der Waals surface area contributed by atoms with Crippen LogP contribution in [0.1, 0.15) is 20.7 Å². The van der Waals surface area contributed by atoms with Crippen LogP contribution >= 0.6 is 0 Å². The lowest BCUT2D eigenvalue weighted by Crippen LogP contribution is -2.29. The lowest BCUT2D eigenvalue weighted by molar-refractivity contribution is -0.384. The van der Waals surface area contributed by atoms with Crippen molar-refractivity contribution in [1.82, 2.24) is 5.43 Å². The molecule has 3 aromatic rings. The van der Waals surface area contributed by atoms with Crippen LogP contribution in [0.15, 0.2) is 72.8 Å². The maximum atomic E-state index is 12.3. The van der Waals surface area contributed by atoms with Crippen LogP contribution in [0.5, 0.6) is 5.75 Å². The number of benzene rings is 3. The molecule has 9 nitrogen and oxygen atoms in total. The molecule has 0 aromatic heterocycles. The van der Waals surface area contributed by atoms with Crippen molar-refractivity contribution in [1.29, 1.82) is 0 Å². The smallest absolute Gasteiger partial charge is 0.269 e. The fourth-order valence-corrected chi connectivity index (χ4v) is 2.52.